The fourth-order valence-corrected chi connectivity index (χ4v) is 7.81. The summed E-state index contributed by atoms with van der Waals surface area (Å²) in [5.74, 6) is 3.08. The Labute approximate surface area is 298 Å². The zero-order valence-electron chi connectivity index (χ0n) is 28.6. The van der Waals surface area contributed by atoms with Crippen molar-refractivity contribution in [3.8, 4) is 28.4 Å². The van der Waals surface area contributed by atoms with E-state index in [1.54, 1.807) is 0 Å². The van der Waals surface area contributed by atoms with Crippen LogP contribution in [0.1, 0.15) is 33.4 Å². The maximum absolute atomic E-state index is 6.65. The number of hydrogen-bond donors (Lipinski definition) is 1. The van der Waals surface area contributed by atoms with Gasteiger partial charge in [0.2, 0.25) is 0 Å². The second-order valence-electron chi connectivity index (χ2n) is 13.2. The summed E-state index contributed by atoms with van der Waals surface area (Å²) >= 11 is 0. The van der Waals surface area contributed by atoms with Crippen molar-refractivity contribution in [2.75, 3.05) is 17.3 Å². The van der Waals surface area contributed by atoms with Crippen LogP contribution < -0.4 is 19.7 Å². The normalized spacial score (nSPS) is 12.9. The van der Waals surface area contributed by atoms with E-state index in [-0.39, 0.29) is 0 Å². The van der Waals surface area contributed by atoms with Gasteiger partial charge in [-0.05, 0) is 89.3 Å². The van der Waals surface area contributed by atoms with Gasteiger partial charge in [-0.2, -0.15) is 0 Å². The lowest BCUT2D eigenvalue weighted by molar-refractivity contribution is 0.436. The van der Waals surface area contributed by atoms with E-state index in [1.807, 2.05) is 54.6 Å². The summed E-state index contributed by atoms with van der Waals surface area (Å²) in [4.78, 5) is 2.21. The van der Waals surface area contributed by atoms with E-state index in [0.717, 1.165) is 62.3 Å². The third-order valence-corrected chi connectivity index (χ3v) is 10.3. The summed E-state index contributed by atoms with van der Waals surface area (Å²) < 4.78 is 13.2. The Hall–Kier alpha value is -6.52. The molecule has 0 unspecified atom stereocenters. The van der Waals surface area contributed by atoms with Crippen molar-refractivity contribution in [2.45, 2.75) is 12.3 Å². The van der Waals surface area contributed by atoms with E-state index in [9.17, 15) is 0 Å². The van der Waals surface area contributed by atoms with Gasteiger partial charge in [0.25, 0.3) is 0 Å². The fourth-order valence-electron chi connectivity index (χ4n) is 7.81. The van der Waals surface area contributed by atoms with Crippen molar-refractivity contribution >= 4 is 28.5 Å². The SMILES string of the molecule is C=C(Oc1cc(N(C)c2ccc3c(c2)C2(c4ccccc4O3)c3ccccc3-c3ccccc32)ccc1C)c1ccccc1Nc1ccccc1. The molecule has 0 aromatic heterocycles. The molecule has 51 heavy (non-hydrogen) atoms. The molecular weight excluding hydrogens is 625 g/mol. The molecule has 1 N–H and O–H groups in total. The van der Waals surface area contributed by atoms with E-state index in [0.29, 0.717) is 5.76 Å². The fraction of sp³-hybridized carbons (Fsp3) is 0.0638. The Morgan fingerprint density at radius 3 is 1.96 bits per heavy atom. The summed E-state index contributed by atoms with van der Waals surface area (Å²) in [6, 6.07) is 57.2. The molecule has 1 aliphatic carbocycles. The first kappa shape index (κ1) is 30.5. The number of benzene rings is 7. The van der Waals surface area contributed by atoms with Gasteiger partial charge in [0, 0.05) is 52.6 Å². The molecule has 2 aliphatic rings. The first-order chi connectivity index (χ1) is 25.0. The quantitative estimate of drug-likeness (QED) is 0.173. The highest BCUT2D eigenvalue weighted by Crippen LogP contribution is 2.62. The summed E-state index contributed by atoms with van der Waals surface area (Å²) in [6.07, 6.45) is 0. The predicted molar refractivity (Wildman–Crippen MR) is 209 cm³/mol. The second kappa shape index (κ2) is 12.1. The summed E-state index contributed by atoms with van der Waals surface area (Å²) in [5.41, 5.74) is 12.7. The van der Waals surface area contributed by atoms with E-state index in [2.05, 4.69) is 140 Å². The monoisotopic (exact) mass is 660 g/mol. The number of fused-ring (bicyclic) bond motifs is 9. The van der Waals surface area contributed by atoms with Crippen LogP contribution in [0.2, 0.25) is 0 Å². The molecule has 0 amide bonds. The molecular formula is C47H36N2O2. The van der Waals surface area contributed by atoms with Gasteiger partial charge < -0.3 is 19.7 Å². The number of nitrogens with zero attached hydrogens (tertiary/aromatic N) is 1. The molecule has 1 spiro atoms. The zero-order chi connectivity index (χ0) is 34.5. The van der Waals surface area contributed by atoms with Crippen molar-refractivity contribution in [1.29, 1.82) is 0 Å². The topological polar surface area (TPSA) is 33.7 Å². The van der Waals surface area contributed by atoms with Crippen LogP contribution in [0.25, 0.3) is 16.9 Å². The molecule has 0 radical (unpaired) electrons. The first-order valence-corrected chi connectivity index (χ1v) is 17.3. The van der Waals surface area contributed by atoms with Crippen LogP contribution in [-0.2, 0) is 5.41 Å². The highest BCUT2D eigenvalue weighted by molar-refractivity contribution is 5.89. The maximum atomic E-state index is 6.65. The molecule has 0 atom stereocenters. The molecule has 0 saturated heterocycles. The van der Waals surface area contributed by atoms with Crippen molar-refractivity contribution < 1.29 is 9.47 Å². The van der Waals surface area contributed by atoms with Crippen LogP contribution >= 0.6 is 0 Å². The van der Waals surface area contributed by atoms with Gasteiger partial charge >= 0.3 is 0 Å². The molecule has 0 saturated carbocycles. The van der Waals surface area contributed by atoms with Crippen LogP contribution in [0.5, 0.6) is 17.2 Å². The third kappa shape index (κ3) is 4.91. The van der Waals surface area contributed by atoms with Crippen LogP contribution in [0.3, 0.4) is 0 Å². The van der Waals surface area contributed by atoms with Gasteiger partial charge in [-0.15, -0.1) is 0 Å². The van der Waals surface area contributed by atoms with Gasteiger partial charge in [0.1, 0.15) is 23.0 Å². The molecule has 246 valence electrons. The lowest BCUT2D eigenvalue weighted by Crippen LogP contribution is -2.32. The van der Waals surface area contributed by atoms with Crippen LogP contribution in [0.4, 0.5) is 22.7 Å². The lowest BCUT2D eigenvalue weighted by Gasteiger charge is -2.40. The maximum Gasteiger partial charge on any atom is 0.132 e. The molecule has 1 aliphatic heterocycles. The smallest absolute Gasteiger partial charge is 0.132 e. The van der Waals surface area contributed by atoms with Crippen LogP contribution in [0, 0.1) is 6.92 Å². The minimum absolute atomic E-state index is 0.519. The Balaban J connectivity index is 1.10. The van der Waals surface area contributed by atoms with E-state index >= 15 is 0 Å². The van der Waals surface area contributed by atoms with E-state index in [1.165, 1.54) is 22.3 Å². The van der Waals surface area contributed by atoms with Gasteiger partial charge in [-0.3, -0.25) is 0 Å². The van der Waals surface area contributed by atoms with Crippen molar-refractivity contribution in [3.05, 3.63) is 204 Å². The highest BCUT2D eigenvalue weighted by atomic mass is 16.5. The van der Waals surface area contributed by atoms with Gasteiger partial charge in [-0.1, -0.05) is 110 Å². The number of ether oxygens (including phenoxy) is 2. The molecule has 1 heterocycles. The van der Waals surface area contributed by atoms with Crippen LogP contribution in [-0.4, -0.2) is 7.05 Å². The number of aryl methyl sites for hydroxylation is 1. The van der Waals surface area contributed by atoms with Crippen LogP contribution in [0.15, 0.2) is 170 Å². The second-order valence-corrected chi connectivity index (χ2v) is 13.2. The Bertz CT molecular complexity index is 2420. The molecule has 0 fully saturated rings. The lowest BCUT2D eigenvalue weighted by atomic mass is 9.66. The van der Waals surface area contributed by atoms with Crippen molar-refractivity contribution in [1.82, 2.24) is 0 Å². The molecule has 7 aromatic rings. The Morgan fingerprint density at radius 2 is 1.20 bits per heavy atom. The minimum atomic E-state index is -0.519. The minimum Gasteiger partial charge on any atom is -0.457 e. The highest BCUT2D eigenvalue weighted by Gasteiger charge is 2.51. The Kier molecular flexibility index (Phi) is 7.25. The number of para-hydroxylation sites is 3. The summed E-state index contributed by atoms with van der Waals surface area (Å²) in [6.45, 7) is 6.41. The molecule has 9 rings (SSSR count). The van der Waals surface area contributed by atoms with Crippen molar-refractivity contribution in [3.63, 3.8) is 0 Å². The Morgan fingerprint density at radius 1 is 0.608 bits per heavy atom. The number of hydrogen-bond acceptors (Lipinski definition) is 4. The van der Waals surface area contributed by atoms with Gasteiger partial charge in [0.15, 0.2) is 0 Å². The molecule has 4 heteroatoms. The number of anilines is 4. The standard InChI is InChI=1S/C47H36N2O2/c1-31-25-26-35(30-46(31)50-32(2)36-17-9-13-23-43(36)48-33-15-5-4-6-16-33)49(3)34-27-28-45-42(29-34)47(41-22-12-14-24-44(41)51-45)39-20-10-7-18-37(39)38-19-8-11-21-40(38)47/h4-30,48H,2H2,1,3H3. The van der Waals surface area contributed by atoms with Gasteiger partial charge in [0.05, 0.1) is 5.41 Å². The predicted octanol–water partition coefficient (Wildman–Crippen LogP) is 12.0. The molecule has 7 aromatic carbocycles. The average Bonchev–Trinajstić information content (AvgIpc) is 3.47. The van der Waals surface area contributed by atoms with E-state index in [4.69, 9.17) is 9.47 Å². The molecule has 4 nitrogen and oxygen atoms in total. The van der Waals surface area contributed by atoms with E-state index < -0.39 is 5.41 Å². The van der Waals surface area contributed by atoms with Gasteiger partial charge in [-0.25, -0.2) is 0 Å². The largest absolute Gasteiger partial charge is 0.457 e. The summed E-state index contributed by atoms with van der Waals surface area (Å²) in [7, 11) is 2.10. The third-order valence-electron chi connectivity index (χ3n) is 10.3. The van der Waals surface area contributed by atoms with Crippen molar-refractivity contribution in [2.24, 2.45) is 0 Å². The number of rotatable bonds is 7. The first-order valence-electron chi connectivity index (χ1n) is 17.3. The summed E-state index contributed by atoms with van der Waals surface area (Å²) in [5, 5.41) is 3.51. The average molecular weight is 661 g/mol. The zero-order valence-corrected chi connectivity index (χ0v) is 28.6. The number of nitrogens with one attached hydrogen (secondary N) is 1. The molecule has 0 bridgehead atoms.